The molecule has 1 amide bonds. The summed E-state index contributed by atoms with van der Waals surface area (Å²) in [5.74, 6) is 3.21. The van der Waals surface area contributed by atoms with E-state index in [0.717, 1.165) is 37.0 Å². The molecule has 0 aliphatic heterocycles. The zero-order chi connectivity index (χ0) is 14.4. The highest BCUT2D eigenvalue weighted by Crippen LogP contribution is 2.61. The Hall–Kier alpha value is -0.0500. The number of halogens is 1. The first-order valence-electron chi connectivity index (χ1n) is 9.04. The lowest BCUT2D eigenvalue weighted by Gasteiger charge is -2.56. The van der Waals surface area contributed by atoms with Crippen LogP contribution in [0.3, 0.4) is 0 Å². The third-order valence-corrected chi connectivity index (χ3v) is 7.64. The Morgan fingerprint density at radius 1 is 0.952 bits per heavy atom. The second-order valence-corrected chi connectivity index (χ2v) is 9.91. The standard InChI is InChI=1S/C18H28BrNO/c19-15-1-3-16(4-2-15)20-17(21)11-18-8-12-5-13(9-18)7-14(6-12)10-18/h12-16H,1-11H2,(H,20,21). The van der Waals surface area contributed by atoms with Crippen LogP contribution in [0.5, 0.6) is 0 Å². The quantitative estimate of drug-likeness (QED) is 0.747. The van der Waals surface area contributed by atoms with Crippen LogP contribution >= 0.6 is 15.9 Å². The van der Waals surface area contributed by atoms with Crippen molar-refractivity contribution in [1.29, 1.82) is 0 Å². The number of rotatable bonds is 3. The Kier molecular flexibility index (Phi) is 3.84. The lowest BCUT2D eigenvalue weighted by Crippen LogP contribution is -2.49. The maximum absolute atomic E-state index is 12.6. The number of carbonyl (C=O) groups excluding carboxylic acids is 1. The summed E-state index contributed by atoms with van der Waals surface area (Å²) in [6.45, 7) is 0. The van der Waals surface area contributed by atoms with Crippen LogP contribution < -0.4 is 5.32 Å². The first-order chi connectivity index (χ1) is 10.1. The van der Waals surface area contributed by atoms with Crippen LogP contribution in [0, 0.1) is 23.2 Å². The van der Waals surface area contributed by atoms with Gasteiger partial charge >= 0.3 is 0 Å². The molecule has 0 unspecified atom stereocenters. The smallest absolute Gasteiger partial charge is 0.220 e. The van der Waals surface area contributed by atoms with E-state index >= 15 is 0 Å². The van der Waals surface area contributed by atoms with Gasteiger partial charge in [-0.2, -0.15) is 0 Å². The molecule has 0 heterocycles. The molecule has 0 atom stereocenters. The first kappa shape index (κ1) is 14.5. The van der Waals surface area contributed by atoms with Crippen molar-refractivity contribution in [2.75, 3.05) is 0 Å². The average Bonchev–Trinajstić information content (AvgIpc) is 2.39. The van der Waals surface area contributed by atoms with E-state index in [-0.39, 0.29) is 0 Å². The predicted molar refractivity (Wildman–Crippen MR) is 88.3 cm³/mol. The van der Waals surface area contributed by atoms with Gasteiger partial charge in [-0.05, 0) is 87.4 Å². The molecule has 5 aliphatic carbocycles. The number of hydrogen-bond donors (Lipinski definition) is 1. The summed E-state index contributed by atoms with van der Waals surface area (Å²) in [7, 11) is 0. The maximum Gasteiger partial charge on any atom is 0.220 e. The number of hydrogen-bond acceptors (Lipinski definition) is 1. The molecule has 0 radical (unpaired) electrons. The van der Waals surface area contributed by atoms with Crippen molar-refractivity contribution in [3.8, 4) is 0 Å². The topological polar surface area (TPSA) is 29.1 Å². The molecule has 118 valence electrons. The van der Waals surface area contributed by atoms with E-state index in [1.54, 1.807) is 0 Å². The number of nitrogens with one attached hydrogen (secondary N) is 1. The van der Waals surface area contributed by atoms with Gasteiger partial charge < -0.3 is 5.32 Å². The molecule has 3 heteroatoms. The van der Waals surface area contributed by atoms with E-state index in [9.17, 15) is 4.79 Å². The van der Waals surface area contributed by atoms with Gasteiger partial charge in [-0.3, -0.25) is 4.79 Å². The van der Waals surface area contributed by atoms with Crippen LogP contribution in [0.1, 0.15) is 70.6 Å². The maximum atomic E-state index is 12.6. The fourth-order valence-electron chi connectivity index (χ4n) is 6.32. The fraction of sp³-hybridized carbons (Fsp3) is 0.944. The van der Waals surface area contributed by atoms with Crippen LogP contribution in [0.2, 0.25) is 0 Å². The molecule has 5 rings (SSSR count). The molecule has 5 saturated carbocycles. The van der Waals surface area contributed by atoms with Crippen LogP contribution in [0.15, 0.2) is 0 Å². The molecule has 1 N–H and O–H groups in total. The SMILES string of the molecule is O=C(CC12CC3CC(CC(C3)C1)C2)NC1CCC(Br)CC1. The minimum atomic E-state index is 0.356. The van der Waals surface area contributed by atoms with Crippen molar-refractivity contribution in [2.24, 2.45) is 23.2 Å². The monoisotopic (exact) mass is 353 g/mol. The largest absolute Gasteiger partial charge is 0.353 e. The van der Waals surface area contributed by atoms with Crippen molar-refractivity contribution in [3.63, 3.8) is 0 Å². The Labute approximate surface area is 136 Å². The molecule has 0 saturated heterocycles. The zero-order valence-corrected chi connectivity index (χ0v) is 14.5. The average molecular weight is 354 g/mol. The van der Waals surface area contributed by atoms with Gasteiger partial charge in [-0.1, -0.05) is 15.9 Å². The molecule has 21 heavy (non-hydrogen) atoms. The molecule has 0 aromatic carbocycles. The third kappa shape index (κ3) is 3.04. The number of carbonyl (C=O) groups is 1. The van der Waals surface area contributed by atoms with Gasteiger partial charge in [0.2, 0.25) is 5.91 Å². The lowest BCUT2D eigenvalue weighted by atomic mass is 9.49. The molecule has 0 aromatic heterocycles. The van der Waals surface area contributed by atoms with E-state index < -0.39 is 0 Å². The van der Waals surface area contributed by atoms with Crippen LogP contribution in [0.4, 0.5) is 0 Å². The number of alkyl halides is 1. The Bertz CT molecular complexity index is 378. The second-order valence-electron chi connectivity index (χ2n) is 8.61. The minimum Gasteiger partial charge on any atom is -0.353 e. The number of amides is 1. The van der Waals surface area contributed by atoms with Gasteiger partial charge in [-0.25, -0.2) is 0 Å². The van der Waals surface area contributed by atoms with Gasteiger partial charge in [-0.15, -0.1) is 0 Å². The van der Waals surface area contributed by atoms with E-state index in [0.29, 0.717) is 22.2 Å². The molecule has 0 spiro atoms. The Balaban J connectivity index is 1.34. The molecular formula is C18H28BrNO. The zero-order valence-electron chi connectivity index (χ0n) is 13.0. The first-order valence-corrected chi connectivity index (χ1v) is 9.95. The lowest BCUT2D eigenvalue weighted by molar-refractivity contribution is -0.130. The van der Waals surface area contributed by atoms with Gasteiger partial charge in [0.25, 0.3) is 0 Å². The van der Waals surface area contributed by atoms with Gasteiger partial charge in [0, 0.05) is 17.3 Å². The Morgan fingerprint density at radius 2 is 1.48 bits per heavy atom. The Morgan fingerprint density at radius 3 is 2.00 bits per heavy atom. The molecular weight excluding hydrogens is 326 g/mol. The van der Waals surface area contributed by atoms with E-state index in [4.69, 9.17) is 0 Å². The highest BCUT2D eigenvalue weighted by molar-refractivity contribution is 9.09. The summed E-state index contributed by atoms with van der Waals surface area (Å²) in [5.41, 5.74) is 0.394. The van der Waals surface area contributed by atoms with E-state index in [1.807, 2.05) is 0 Å². The summed E-state index contributed by atoms with van der Waals surface area (Å²) in [4.78, 5) is 13.2. The van der Waals surface area contributed by atoms with Crippen molar-refractivity contribution >= 4 is 21.8 Å². The van der Waals surface area contributed by atoms with Crippen LogP contribution in [-0.4, -0.2) is 16.8 Å². The highest BCUT2D eigenvalue weighted by Gasteiger charge is 2.51. The van der Waals surface area contributed by atoms with Crippen molar-refractivity contribution in [3.05, 3.63) is 0 Å². The summed E-state index contributed by atoms with van der Waals surface area (Å²) in [6, 6.07) is 0.445. The fourth-order valence-corrected chi connectivity index (χ4v) is 6.85. The third-order valence-electron chi connectivity index (χ3n) is 6.72. The molecule has 5 aliphatic rings. The van der Waals surface area contributed by atoms with Crippen LogP contribution in [0.25, 0.3) is 0 Å². The van der Waals surface area contributed by atoms with Gasteiger partial charge in [0.15, 0.2) is 0 Å². The molecule has 0 aromatic rings. The van der Waals surface area contributed by atoms with Crippen molar-refractivity contribution in [2.45, 2.75) is 81.5 Å². The summed E-state index contributed by atoms with van der Waals surface area (Å²) >= 11 is 3.69. The van der Waals surface area contributed by atoms with Crippen molar-refractivity contribution in [1.82, 2.24) is 5.32 Å². The second kappa shape index (κ2) is 5.54. The van der Waals surface area contributed by atoms with Gasteiger partial charge in [0.05, 0.1) is 0 Å². The van der Waals surface area contributed by atoms with Gasteiger partial charge in [0.1, 0.15) is 0 Å². The highest BCUT2D eigenvalue weighted by atomic mass is 79.9. The molecule has 2 nitrogen and oxygen atoms in total. The minimum absolute atomic E-state index is 0.356. The van der Waals surface area contributed by atoms with Crippen LogP contribution in [-0.2, 0) is 4.79 Å². The van der Waals surface area contributed by atoms with E-state index in [1.165, 1.54) is 51.4 Å². The molecule has 4 bridgehead atoms. The predicted octanol–water partition coefficient (Wildman–Crippen LogP) is 4.42. The van der Waals surface area contributed by atoms with E-state index in [2.05, 4.69) is 21.2 Å². The normalized spacial score (nSPS) is 48.3. The summed E-state index contributed by atoms with van der Waals surface area (Å²) in [6.07, 6.45) is 14.0. The van der Waals surface area contributed by atoms with Crippen molar-refractivity contribution < 1.29 is 4.79 Å². The summed E-state index contributed by atoms with van der Waals surface area (Å²) < 4.78 is 0. The molecule has 5 fully saturated rings. The summed E-state index contributed by atoms with van der Waals surface area (Å²) in [5, 5.41) is 3.35.